The van der Waals surface area contributed by atoms with Crippen LogP contribution in [0.15, 0.2) is 9.59 Å². The van der Waals surface area contributed by atoms with Crippen molar-refractivity contribution in [3.63, 3.8) is 0 Å². The number of rotatable bonds is 5. The van der Waals surface area contributed by atoms with Crippen LogP contribution in [0.1, 0.15) is 57.0 Å². The van der Waals surface area contributed by atoms with Crippen molar-refractivity contribution in [2.45, 2.75) is 52.6 Å². The largest absolute Gasteiger partial charge is 0.325 e. The molecule has 0 aromatic carbocycles. The third-order valence-electron chi connectivity index (χ3n) is 6.57. The second-order valence-electron chi connectivity index (χ2n) is 8.52. The summed E-state index contributed by atoms with van der Waals surface area (Å²) in [6, 6.07) is 0. The number of nitrogens with one attached hydrogen (secondary N) is 2. The number of H-pyrrole nitrogens is 2. The van der Waals surface area contributed by atoms with E-state index in [-0.39, 0.29) is 22.6 Å². The van der Waals surface area contributed by atoms with Crippen LogP contribution in [0.3, 0.4) is 0 Å². The van der Waals surface area contributed by atoms with E-state index in [9.17, 15) is 14.4 Å². The lowest BCUT2D eigenvalue weighted by Gasteiger charge is -2.66. The molecule has 4 bridgehead atoms. The minimum absolute atomic E-state index is 0.154. The molecule has 0 aliphatic carbocycles. The number of hydrogen-bond donors (Lipinski definition) is 2. The van der Waals surface area contributed by atoms with E-state index in [0.29, 0.717) is 43.2 Å². The average molecular weight is 360 g/mol. The molecule has 0 unspecified atom stereocenters. The molecular formula is C19H28N4O3. The summed E-state index contributed by atoms with van der Waals surface area (Å²) in [7, 11) is 0. The second-order valence-corrected chi connectivity index (χ2v) is 8.52. The van der Waals surface area contributed by atoms with Gasteiger partial charge in [-0.15, -0.1) is 0 Å². The number of Topliss-reactive ketones (excluding diaryl/α,β-unsaturated/α-hetero) is 1. The number of piperidine rings is 2. The highest BCUT2D eigenvalue weighted by molar-refractivity contribution is 5.93. The molecule has 26 heavy (non-hydrogen) atoms. The molecule has 2 N–H and O–H groups in total. The highest BCUT2D eigenvalue weighted by Gasteiger charge is 2.65. The predicted molar refractivity (Wildman–Crippen MR) is 98.0 cm³/mol. The molecule has 7 heteroatoms. The van der Waals surface area contributed by atoms with Crippen LogP contribution in [0, 0.1) is 17.8 Å². The van der Waals surface area contributed by atoms with Crippen molar-refractivity contribution in [2.75, 3.05) is 26.2 Å². The summed E-state index contributed by atoms with van der Waals surface area (Å²) in [6.45, 7) is 8.91. The molecule has 0 saturated carbocycles. The first-order valence-electron chi connectivity index (χ1n) is 9.72. The molecule has 5 heterocycles. The first-order chi connectivity index (χ1) is 12.4. The van der Waals surface area contributed by atoms with E-state index in [2.05, 4.69) is 33.6 Å². The number of carbonyl (C=O) groups excluding carboxylic acids is 1. The zero-order valence-electron chi connectivity index (χ0n) is 15.9. The van der Waals surface area contributed by atoms with Crippen LogP contribution in [-0.2, 0) is 4.79 Å². The highest BCUT2D eigenvalue weighted by Crippen LogP contribution is 2.55. The summed E-state index contributed by atoms with van der Waals surface area (Å²) < 4.78 is 0. The van der Waals surface area contributed by atoms with Crippen LogP contribution >= 0.6 is 0 Å². The minimum atomic E-state index is -0.467. The SMILES string of the molecule is CCCC12CN3CC(CCC)(CN(C1)C3c1c(C)[nH]c(=O)[nH]c1=O)C2=O. The zero-order valence-corrected chi connectivity index (χ0v) is 15.9. The topological polar surface area (TPSA) is 89.3 Å². The summed E-state index contributed by atoms with van der Waals surface area (Å²) >= 11 is 0. The number of carbonyl (C=O) groups is 1. The molecule has 0 atom stereocenters. The standard InChI is InChI=1S/C19H28N4O3/c1-4-6-18-8-22-10-19(7-5-2,16(18)25)11-23(9-18)15(22)13-12(3)20-17(26)21-14(13)24/h15H,4-11H2,1-3H3,(H2,20,21,24,26). The Morgan fingerprint density at radius 3 is 1.85 bits per heavy atom. The summed E-state index contributed by atoms with van der Waals surface area (Å²) in [6.07, 6.45) is 3.62. The number of hydrogen-bond acceptors (Lipinski definition) is 5. The number of nitrogens with zero attached hydrogens (tertiary/aromatic N) is 2. The summed E-state index contributed by atoms with van der Waals surface area (Å²) in [4.78, 5) is 47.3. The lowest BCUT2D eigenvalue weighted by Crippen LogP contribution is -2.77. The van der Waals surface area contributed by atoms with E-state index >= 15 is 0 Å². The fraction of sp³-hybridized carbons (Fsp3) is 0.737. The van der Waals surface area contributed by atoms with E-state index in [1.165, 1.54) is 0 Å². The Balaban J connectivity index is 1.80. The Bertz CT molecular complexity index is 811. The molecule has 4 saturated heterocycles. The molecule has 4 fully saturated rings. The molecule has 0 radical (unpaired) electrons. The van der Waals surface area contributed by atoms with Gasteiger partial charge in [-0.3, -0.25) is 24.4 Å². The van der Waals surface area contributed by atoms with Crippen LogP contribution < -0.4 is 11.2 Å². The lowest BCUT2D eigenvalue weighted by molar-refractivity contribution is -0.206. The number of aryl methyl sites for hydroxylation is 1. The molecule has 142 valence electrons. The van der Waals surface area contributed by atoms with Crippen molar-refractivity contribution in [2.24, 2.45) is 10.8 Å². The first kappa shape index (κ1) is 17.7. The van der Waals surface area contributed by atoms with Gasteiger partial charge in [0.05, 0.1) is 22.6 Å². The van der Waals surface area contributed by atoms with Crippen molar-refractivity contribution in [1.29, 1.82) is 0 Å². The van der Waals surface area contributed by atoms with Crippen molar-refractivity contribution < 1.29 is 4.79 Å². The number of aromatic nitrogens is 2. The molecular weight excluding hydrogens is 332 g/mol. The summed E-state index contributed by atoms with van der Waals surface area (Å²) in [5.41, 5.74) is -0.153. The van der Waals surface area contributed by atoms with Gasteiger partial charge >= 0.3 is 5.69 Å². The molecule has 4 aliphatic rings. The maximum absolute atomic E-state index is 13.5. The van der Waals surface area contributed by atoms with Gasteiger partial charge in [0.1, 0.15) is 5.78 Å². The van der Waals surface area contributed by atoms with E-state index in [1.807, 2.05) is 0 Å². The van der Waals surface area contributed by atoms with E-state index in [4.69, 9.17) is 0 Å². The fourth-order valence-electron chi connectivity index (χ4n) is 5.98. The first-order valence-corrected chi connectivity index (χ1v) is 9.72. The van der Waals surface area contributed by atoms with Gasteiger partial charge in [0, 0.05) is 31.9 Å². The van der Waals surface area contributed by atoms with Gasteiger partial charge in [-0.05, 0) is 19.8 Å². The van der Waals surface area contributed by atoms with Gasteiger partial charge in [0.2, 0.25) is 0 Å². The Labute approximate surface area is 152 Å². The molecule has 0 amide bonds. The number of aromatic amines is 2. The van der Waals surface area contributed by atoms with Crippen molar-refractivity contribution in [1.82, 2.24) is 19.8 Å². The zero-order chi connectivity index (χ0) is 18.7. The van der Waals surface area contributed by atoms with Crippen molar-refractivity contribution in [3.8, 4) is 0 Å². The molecule has 1 aromatic rings. The van der Waals surface area contributed by atoms with Gasteiger partial charge in [-0.1, -0.05) is 26.7 Å². The van der Waals surface area contributed by atoms with Gasteiger partial charge in [0.15, 0.2) is 0 Å². The Kier molecular flexibility index (Phi) is 4.00. The Morgan fingerprint density at radius 1 is 0.923 bits per heavy atom. The third kappa shape index (κ3) is 2.29. The Hall–Kier alpha value is -1.73. The van der Waals surface area contributed by atoms with Crippen LogP contribution in [0.4, 0.5) is 0 Å². The third-order valence-corrected chi connectivity index (χ3v) is 6.57. The van der Waals surface area contributed by atoms with E-state index < -0.39 is 5.69 Å². The van der Waals surface area contributed by atoms with Crippen molar-refractivity contribution >= 4 is 5.78 Å². The average Bonchev–Trinajstić information content (AvgIpc) is 2.53. The lowest BCUT2D eigenvalue weighted by atomic mass is 9.57. The maximum atomic E-state index is 13.5. The number of ketones is 1. The molecule has 4 aliphatic heterocycles. The molecule has 5 rings (SSSR count). The van der Waals surface area contributed by atoms with Crippen LogP contribution in [0.25, 0.3) is 0 Å². The summed E-state index contributed by atoms with van der Waals surface area (Å²) in [5, 5.41) is 0. The van der Waals surface area contributed by atoms with E-state index in [1.54, 1.807) is 6.92 Å². The molecule has 7 nitrogen and oxygen atoms in total. The Morgan fingerprint density at radius 2 is 1.42 bits per heavy atom. The van der Waals surface area contributed by atoms with Crippen LogP contribution in [0.2, 0.25) is 0 Å². The predicted octanol–water partition coefficient (Wildman–Crippen LogP) is 1.16. The minimum Gasteiger partial charge on any atom is -0.311 e. The second kappa shape index (κ2) is 5.89. The quantitative estimate of drug-likeness (QED) is 0.822. The van der Waals surface area contributed by atoms with Crippen LogP contribution in [-0.4, -0.2) is 51.7 Å². The van der Waals surface area contributed by atoms with Crippen LogP contribution in [0.5, 0.6) is 0 Å². The van der Waals surface area contributed by atoms with E-state index in [0.717, 1.165) is 25.7 Å². The normalized spacial score (nSPS) is 38.1. The monoisotopic (exact) mass is 360 g/mol. The van der Waals surface area contributed by atoms with Gasteiger partial charge < -0.3 is 4.98 Å². The molecule has 0 spiro atoms. The molecule has 1 aromatic heterocycles. The fourth-order valence-corrected chi connectivity index (χ4v) is 5.98. The maximum Gasteiger partial charge on any atom is 0.325 e. The van der Waals surface area contributed by atoms with Gasteiger partial charge in [-0.2, -0.15) is 0 Å². The van der Waals surface area contributed by atoms with Gasteiger partial charge in [0.25, 0.3) is 5.56 Å². The van der Waals surface area contributed by atoms with Gasteiger partial charge in [-0.25, -0.2) is 4.79 Å². The highest BCUT2D eigenvalue weighted by atomic mass is 16.2. The summed E-state index contributed by atoms with van der Waals surface area (Å²) in [5.74, 6) is 0.451. The smallest absolute Gasteiger partial charge is 0.311 e. The van der Waals surface area contributed by atoms with Crippen molar-refractivity contribution in [3.05, 3.63) is 32.1 Å².